The summed E-state index contributed by atoms with van der Waals surface area (Å²) in [6.07, 6.45) is 7.04. The smallest absolute Gasteiger partial charge is 0.108 e. The van der Waals surface area contributed by atoms with Crippen LogP contribution in [0.3, 0.4) is 0 Å². The predicted octanol–water partition coefficient (Wildman–Crippen LogP) is 3.34. The lowest BCUT2D eigenvalue weighted by molar-refractivity contribution is 0.483. The molecule has 1 unspecified atom stereocenters. The minimum Gasteiger partial charge on any atom is -0.338 e. The highest BCUT2D eigenvalue weighted by molar-refractivity contribution is 9.10. The van der Waals surface area contributed by atoms with Gasteiger partial charge in [0.05, 0.1) is 0 Å². The summed E-state index contributed by atoms with van der Waals surface area (Å²) >= 11 is 3.54. The first-order chi connectivity index (χ1) is 9.69. The van der Waals surface area contributed by atoms with Gasteiger partial charge in [0.2, 0.25) is 0 Å². The Balaban J connectivity index is 1.95. The fraction of sp³-hybridized carbons (Fsp3) is 0.438. The van der Waals surface area contributed by atoms with E-state index in [1.54, 1.807) is 0 Å². The van der Waals surface area contributed by atoms with Crippen LogP contribution < -0.4 is 5.32 Å². The van der Waals surface area contributed by atoms with Gasteiger partial charge in [0.15, 0.2) is 0 Å². The molecule has 0 aliphatic carbocycles. The van der Waals surface area contributed by atoms with Gasteiger partial charge < -0.3 is 9.88 Å². The van der Waals surface area contributed by atoms with Crippen LogP contribution in [0.2, 0.25) is 0 Å². The van der Waals surface area contributed by atoms with E-state index in [0.29, 0.717) is 6.04 Å². The largest absolute Gasteiger partial charge is 0.338 e. The summed E-state index contributed by atoms with van der Waals surface area (Å²) < 4.78 is 3.25. The standard InChI is InChI=1S/C16H22BrN3/c1-3-18-15(7-8-16-19-9-10-20(16)2)12-13-5-4-6-14(17)11-13/h4-6,9-11,15,18H,3,7-8,12H2,1-2H3. The van der Waals surface area contributed by atoms with Crippen LogP contribution in [0.15, 0.2) is 41.1 Å². The number of aromatic nitrogens is 2. The van der Waals surface area contributed by atoms with Gasteiger partial charge in [-0.25, -0.2) is 4.98 Å². The van der Waals surface area contributed by atoms with Crippen molar-refractivity contribution in [3.8, 4) is 0 Å². The molecule has 2 aromatic rings. The highest BCUT2D eigenvalue weighted by Crippen LogP contribution is 2.15. The Morgan fingerprint density at radius 2 is 2.25 bits per heavy atom. The zero-order valence-electron chi connectivity index (χ0n) is 12.1. The maximum Gasteiger partial charge on any atom is 0.108 e. The quantitative estimate of drug-likeness (QED) is 0.840. The van der Waals surface area contributed by atoms with Gasteiger partial charge >= 0.3 is 0 Å². The van der Waals surface area contributed by atoms with Crippen molar-refractivity contribution in [2.45, 2.75) is 32.2 Å². The van der Waals surface area contributed by atoms with Crippen LogP contribution >= 0.6 is 15.9 Å². The van der Waals surface area contributed by atoms with E-state index in [9.17, 15) is 0 Å². The summed E-state index contributed by atoms with van der Waals surface area (Å²) in [6, 6.07) is 9.05. The van der Waals surface area contributed by atoms with Crippen LogP contribution in [-0.2, 0) is 19.9 Å². The van der Waals surface area contributed by atoms with Crippen LogP contribution in [0, 0.1) is 0 Å². The molecule has 0 fully saturated rings. The van der Waals surface area contributed by atoms with Crippen LogP contribution in [0.4, 0.5) is 0 Å². The molecule has 0 amide bonds. The predicted molar refractivity (Wildman–Crippen MR) is 86.8 cm³/mol. The third-order valence-electron chi connectivity index (χ3n) is 3.50. The molecule has 1 aromatic heterocycles. The second kappa shape index (κ2) is 7.60. The minimum atomic E-state index is 0.492. The molecule has 0 saturated carbocycles. The van der Waals surface area contributed by atoms with E-state index in [2.05, 4.69) is 69.0 Å². The molecule has 4 heteroatoms. The molecule has 0 radical (unpaired) electrons. The molecular weight excluding hydrogens is 314 g/mol. The zero-order valence-corrected chi connectivity index (χ0v) is 13.7. The van der Waals surface area contributed by atoms with E-state index in [1.165, 1.54) is 5.56 Å². The van der Waals surface area contributed by atoms with Crippen LogP contribution in [-0.4, -0.2) is 22.1 Å². The molecule has 0 bridgehead atoms. The van der Waals surface area contributed by atoms with Gasteiger partial charge in [-0.3, -0.25) is 0 Å². The van der Waals surface area contributed by atoms with E-state index in [4.69, 9.17) is 0 Å². The van der Waals surface area contributed by atoms with E-state index in [-0.39, 0.29) is 0 Å². The van der Waals surface area contributed by atoms with E-state index >= 15 is 0 Å². The van der Waals surface area contributed by atoms with Gasteiger partial charge in [-0.1, -0.05) is 35.0 Å². The second-order valence-electron chi connectivity index (χ2n) is 5.08. The molecule has 1 aromatic carbocycles. The number of imidazole rings is 1. The number of likely N-dealkylation sites (N-methyl/N-ethyl adjacent to an activating group) is 1. The molecule has 1 heterocycles. The van der Waals surface area contributed by atoms with Crippen molar-refractivity contribution in [2.24, 2.45) is 7.05 Å². The highest BCUT2D eigenvalue weighted by Gasteiger charge is 2.10. The third kappa shape index (κ3) is 4.46. The summed E-state index contributed by atoms with van der Waals surface area (Å²) in [5.74, 6) is 1.15. The SMILES string of the molecule is CCNC(CCc1nccn1C)Cc1cccc(Br)c1. The van der Waals surface area contributed by atoms with Crippen LogP contribution in [0.5, 0.6) is 0 Å². The summed E-state index contributed by atoms with van der Waals surface area (Å²) in [5, 5.41) is 3.58. The summed E-state index contributed by atoms with van der Waals surface area (Å²) in [6.45, 7) is 3.16. The van der Waals surface area contributed by atoms with E-state index in [1.807, 2.05) is 12.4 Å². The average molecular weight is 336 g/mol. The van der Waals surface area contributed by atoms with Crippen molar-refractivity contribution in [3.63, 3.8) is 0 Å². The lowest BCUT2D eigenvalue weighted by atomic mass is 10.0. The molecule has 0 saturated heterocycles. The second-order valence-corrected chi connectivity index (χ2v) is 6.00. The Bertz CT molecular complexity index is 536. The Morgan fingerprint density at radius 3 is 2.90 bits per heavy atom. The fourth-order valence-corrected chi connectivity index (χ4v) is 2.90. The van der Waals surface area contributed by atoms with Crippen molar-refractivity contribution in [1.29, 1.82) is 0 Å². The van der Waals surface area contributed by atoms with Gasteiger partial charge in [-0.05, 0) is 37.1 Å². The monoisotopic (exact) mass is 335 g/mol. The Hall–Kier alpha value is -1.13. The topological polar surface area (TPSA) is 29.9 Å². The molecule has 108 valence electrons. The van der Waals surface area contributed by atoms with Crippen molar-refractivity contribution >= 4 is 15.9 Å². The van der Waals surface area contributed by atoms with Crippen molar-refractivity contribution in [3.05, 3.63) is 52.5 Å². The zero-order chi connectivity index (χ0) is 14.4. The molecule has 0 aliphatic heterocycles. The fourth-order valence-electron chi connectivity index (χ4n) is 2.45. The normalized spacial score (nSPS) is 12.6. The van der Waals surface area contributed by atoms with Crippen molar-refractivity contribution < 1.29 is 0 Å². The number of rotatable bonds is 7. The van der Waals surface area contributed by atoms with Gasteiger partial charge in [-0.2, -0.15) is 0 Å². The molecule has 0 aliphatic rings. The number of hydrogen-bond acceptors (Lipinski definition) is 2. The Morgan fingerprint density at radius 1 is 1.40 bits per heavy atom. The molecule has 1 atom stereocenters. The summed E-state index contributed by atoms with van der Waals surface area (Å²) in [5.41, 5.74) is 1.37. The molecular formula is C16H22BrN3. The Labute approximate surface area is 129 Å². The first-order valence-corrected chi connectivity index (χ1v) is 7.92. The molecule has 0 spiro atoms. The number of benzene rings is 1. The maximum atomic E-state index is 4.40. The third-order valence-corrected chi connectivity index (χ3v) is 3.99. The van der Waals surface area contributed by atoms with Crippen LogP contribution in [0.25, 0.3) is 0 Å². The van der Waals surface area contributed by atoms with Gasteiger partial charge in [0, 0.05) is 36.4 Å². The highest BCUT2D eigenvalue weighted by atomic mass is 79.9. The van der Waals surface area contributed by atoms with Gasteiger partial charge in [-0.15, -0.1) is 0 Å². The van der Waals surface area contributed by atoms with E-state index < -0.39 is 0 Å². The molecule has 3 nitrogen and oxygen atoms in total. The number of halogens is 1. The summed E-state index contributed by atoms with van der Waals surface area (Å²) in [4.78, 5) is 4.40. The average Bonchev–Trinajstić information content (AvgIpc) is 2.82. The lowest BCUT2D eigenvalue weighted by Gasteiger charge is -2.18. The van der Waals surface area contributed by atoms with Crippen molar-refractivity contribution in [1.82, 2.24) is 14.9 Å². The first-order valence-electron chi connectivity index (χ1n) is 7.13. The van der Waals surface area contributed by atoms with E-state index in [0.717, 1.165) is 36.1 Å². The molecule has 2 rings (SSSR count). The van der Waals surface area contributed by atoms with Crippen LogP contribution in [0.1, 0.15) is 24.7 Å². The number of nitrogens with zero attached hydrogens (tertiary/aromatic N) is 2. The van der Waals surface area contributed by atoms with Gasteiger partial charge in [0.1, 0.15) is 5.82 Å². The summed E-state index contributed by atoms with van der Waals surface area (Å²) in [7, 11) is 2.05. The molecule has 1 N–H and O–H groups in total. The number of hydrogen-bond donors (Lipinski definition) is 1. The minimum absolute atomic E-state index is 0.492. The Kier molecular flexibility index (Phi) is 5.80. The number of aryl methyl sites for hydroxylation is 2. The first kappa shape index (κ1) is 15.3. The molecule has 20 heavy (non-hydrogen) atoms. The van der Waals surface area contributed by atoms with Crippen molar-refractivity contribution in [2.75, 3.05) is 6.54 Å². The maximum absolute atomic E-state index is 4.40. The lowest BCUT2D eigenvalue weighted by Crippen LogP contribution is -2.31. The van der Waals surface area contributed by atoms with Gasteiger partial charge in [0.25, 0.3) is 0 Å². The number of nitrogens with one attached hydrogen (secondary N) is 1.